The van der Waals surface area contributed by atoms with Crippen molar-refractivity contribution >= 4 is 5.91 Å². The highest BCUT2D eigenvalue weighted by atomic mass is 19.4. The Morgan fingerprint density at radius 2 is 1.86 bits per heavy atom. The van der Waals surface area contributed by atoms with Gasteiger partial charge >= 0.3 is 6.18 Å². The monoisotopic (exact) mass is 304 g/mol. The molecule has 1 aromatic rings. The van der Waals surface area contributed by atoms with Gasteiger partial charge in [0, 0.05) is 6.54 Å². The summed E-state index contributed by atoms with van der Waals surface area (Å²) in [4.78, 5) is 11.7. The molecule has 0 radical (unpaired) electrons. The predicted octanol–water partition coefficient (Wildman–Crippen LogP) is 2.67. The van der Waals surface area contributed by atoms with E-state index < -0.39 is 29.4 Å². The van der Waals surface area contributed by atoms with Crippen LogP contribution in [0.4, 0.5) is 17.6 Å². The molecule has 7 heteroatoms. The zero-order valence-electron chi connectivity index (χ0n) is 11.7. The summed E-state index contributed by atoms with van der Waals surface area (Å²) in [6.45, 7) is 3.15. The lowest BCUT2D eigenvalue weighted by Crippen LogP contribution is -2.51. The number of hydrogen-bond donors (Lipinski definition) is 1. The average Bonchev–Trinajstić information content (AvgIpc) is 2.61. The van der Waals surface area contributed by atoms with Gasteiger partial charge in [-0.3, -0.25) is 10.2 Å². The van der Waals surface area contributed by atoms with Crippen LogP contribution in [0.5, 0.6) is 0 Å². The van der Waals surface area contributed by atoms with Crippen molar-refractivity contribution in [1.82, 2.24) is 10.4 Å². The molecule has 1 saturated heterocycles. The van der Waals surface area contributed by atoms with E-state index in [0.29, 0.717) is 5.56 Å². The van der Waals surface area contributed by atoms with Gasteiger partial charge in [0.05, 0.1) is 5.41 Å². The molecule has 21 heavy (non-hydrogen) atoms. The van der Waals surface area contributed by atoms with Crippen LogP contribution in [0, 0.1) is 11.2 Å². The van der Waals surface area contributed by atoms with Gasteiger partial charge in [-0.1, -0.05) is 12.1 Å². The Hall–Kier alpha value is -1.63. The van der Waals surface area contributed by atoms with Gasteiger partial charge in [-0.2, -0.15) is 13.2 Å². The Labute approximate surface area is 119 Å². The van der Waals surface area contributed by atoms with E-state index in [2.05, 4.69) is 5.43 Å². The molecule has 1 heterocycles. The molecule has 1 unspecified atom stereocenters. The summed E-state index contributed by atoms with van der Waals surface area (Å²) in [5, 5.41) is 0.922. The van der Waals surface area contributed by atoms with Gasteiger partial charge in [-0.15, -0.1) is 0 Å². The van der Waals surface area contributed by atoms with E-state index >= 15 is 0 Å². The minimum Gasteiger partial charge on any atom is -0.288 e. The van der Waals surface area contributed by atoms with Crippen LogP contribution in [0.15, 0.2) is 24.3 Å². The molecule has 1 aliphatic rings. The van der Waals surface area contributed by atoms with Crippen molar-refractivity contribution in [1.29, 1.82) is 0 Å². The number of alkyl halides is 3. The quantitative estimate of drug-likeness (QED) is 0.871. The van der Waals surface area contributed by atoms with E-state index in [0.717, 1.165) is 17.1 Å². The number of benzene rings is 1. The number of hydrogen-bond acceptors (Lipinski definition) is 2. The molecule has 0 saturated carbocycles. The van der Waals surface area contributed by atoms with Gasteiger partial charge in [0.15, 0.2) is 0 Å². The third-order valence-electron chi connectivity index (χ3n) is 3.52. The topological polar surface area (TPSA) is 32.3 Å². The third-order valence-corrected chi connectivity index (χ3v) is 3.52. The number of carbonyl (C=O) groups excluding carboxylic acids is 1. The highest BCUT2D eigenvalue weighted by Gasteiger charge is 2.50. The predicted molar refractivity (Wildman–Crippen MR) is 68.6 cm³/mol. The first-order valence-corrected chi connectivity index (χ1v) is 6.48. The van der Waals surface area contributed by atoms with Crippen molar-refractivity contribution in [3.8, 4) is 0 Å². The van der Waals surface area contributed by atoms with Crippen LogP contribution in [0.25, 0.3) is 0 Å². The summed E-state index contributed by atoms with van der Waals surface area (Å²) in [5.74, 6) is -0.936. The first-order valence-electron chi connectivity index (χ1n) is 6.48. The maximum absolute atomic E-state index is 13.2. The van der Waals surface area contributed by atoms with Gasteiger partial charge < -0.3 is 0 Å². The Kier molecular flexibility index (Phi) is 3.97. The van der Waals surface area contributed by atoms with Crippen LogP contribution in [0.2, 0.25) is 0 Å². The molecule has 0 bridgehead atoms. The average molecular weight is 304 g/mol. The number of rotatable bonds is 3. The van der Waals surface area contributed by atoms with Crippen molar-refractivity contribution in [2.24, 2.45) is 5.41 Å². The Morgan fingerprint density at radius 3 is 2.29 bits per heavy atom. The molecule has 1 fully saturated rings. The number of hydrazine groups is 1. The van der Waals surface area contributed by atoms with Crippen molar-refractivity contribution in [3.05, 3.63) is 35.6 Å². The van der Waals surface area contributed by atoms with Crippen LogP contribution in [0.1, 0.15) is 19.4 Å². The van der Waals surface area contributed by atoms with Crippen molar-refractivity contribution in [3.63, 3.8) is 0 Å². The van der Waals surface area contributed by atoms with Crippen molar-refractivity contribution in [2.75, 3.05) is 6.54 Å². The van der Waals surface area contributed by atoms with Crippen LogP contribution >= 0.6 is 0 Å². The molecule has 1 aromatic carbocycles. The van der Waals surface area contributed by atoms with Gasteiger partial charge in [-0.05, 0) is 38.0 Å². The molecule has 0 aliphatic carbocycles. The second-order valence-electron chi connectivity index (χ2n) is 5.84. The first kappa shape index (κ1) is 15.8. The van der Waals surface area contributed by atoms with Crippen LogP contribution in [-0.2, 0) is 11.2 Å². The smallest absolute Gasteiger partial charge is 0.288 e. The largest absolute Gasteiger partial charge is 0.406 e. The number of nitrogens with zero attached hydrogens (tertiary/aromatic N) is 1. The van der Waals surface area contributed by atoms with E-state index in [1.165, 1.54) is 12.1 Å². The summed E-state index contributed by atoms with van der Waals surface area (Å²) in [6, 6.07) is 3.03. The molecule has 0 aromatic heterocycles. The standard InChI is InChI=1S/C14H16F4N2O/c1-13(2)8-20(19-12(13)21)11(14(16,17)18)7-9-3-5-10(15)6-4-9/h3-6,11H,7-8H2,1-2H3,(H,19,21). The second-order valence-corrected chi connectivity index (χ2v) is 5.84. The summed E-state index contributed by atoms with van der Waals surface area (Å²) < 4.78 is 52.6. The number of nitrogens with one attached hydrogen (secondary N) is 1. The van der Waals surface area contributed by atoms with E-state index in [4.69, 9.17) is 0 Å². The number of amides is 1. The first-order chi connectivity index (χ1) is 9.59. The maximum Gasteiger partial charge on any atom is 0.406 e. The lowest BCUT2D eigenvalue weighted by atomic mass is 9.94. The zero-order valence-corrected chi connectivity index (χ0v) is 11.7. The van der Waals surface area contributed by atoms with E-state index in [1.807, 2.05) is 0 Å². The van der Waals surface area contributed by atoms with Crippen LogP contribution in [0.3, 0.4) is 0 Å². The van der Waals surface area contributed by atoms with Gasteiger partial charge in [0.25, 0.3) is 0 Å². The highest BCUT2D eigenvalue weighted by Crippen LogP contribution is 2.32. The number of halogens is 4. The molecule has 1 atom stereocenters. The van der Waals surface area contributed by atoms with Gasteiger partial charge in [0.2, 0.25) is 5.91 Å². The fourth-order valence-electron chi connectivity index (χ4n) is 2.25. The van der Waals surface area contributed by atoms with E-state index in [1.54, 1.807) is 13.8 Å². The van der Waals surface area contributed by atoms with Gasteiger partial charge in [0.1, 0.15) is 11.9 Å². The van der Waals surface area contributed by atoms with Crippen LogP contribution in [-0.4, -0.2) is 29.7 Å². The molecule has 0 spiro atoms. The molecular formula is C14H16F4N2O. The fourth-order valence-corrected chi connectivity index (χ4v) is 2.25. The fraction of sp³-hybridized carbons (Fsp3) is 0.500. The number of carbonyl (C=O) groups is 1. The highest BCUT2D eigenvalue weighted by molar-refractivity contribution is 5.83. The molecule has 1 aliphatic heterocycles. The summed E-state index contributed by atoms with van der Waals surface area (Å²) in [6.07, 6.45) is -4.85. The van der Waals surface area contributed by atoms with Crippen LogP contribution < -0.4 is 5.43 Å². The molecule has 116 valence electrons. The summed E-state index contributed by atoms with van der Waals surface area (Å²) in [7, 11) is 0. The zero-order chi connectivity index (χ0) is 15.8. The minimum atomic E-state index is -4.50. The van der Waals surface area contributed by atoms with Crippen molar-refractivity contribution in [2.45, 2.75) is 32.5 Å². The summed E-state index contributed by atoms with van der Waals surface area (Å²) in [5.41, 5.74) is 1.77. The van der Waals surface area contributed by atoms with Gasteiger partial charge in [-0.25, -0.2) is 9.40 Å². The molecule has 3 nitrogen and oxygen atoms in total. The van der Waals surface area contributed by atoms with E-state index in [-0.39, 0.29) is 13.0 Å². The molecule has 1 amide bonds. The SMILES string of the molecule is CC1(C)CN(C(Cc2ccc(F)cc2)C(F)(F)F)NC1=O. The lowest BCUT2D eigenvalue weighted by molar-refractivity contribution is -0.188. The van der Waals surface area contributed by atoms with Crippen molar-refractivity contribution < 1.29 is 22.4 Å². The Morgan fingerprint density at radius 1 is 1.29 bits per heavy atom. The molecule has 2 rings (SSSR count). The Balaban J connectivity index is 2.20. The molecule has 1 N–H and O–H groups in total. The Bertz CT molecular complexity index is 525. The third kappa shape index (κ3) is 3.53. The molecular weight excluding hydrogens is 288 g/mol. The maximum atomic E-state index is 13.2. The van der Waals surface area contributed by atoms with E-state index in [9.17, 15) is 22.4 Å². The lowest BCUT2D eigenvalue weighted by Gasteiger charge is -2.29. The second kappa shape index (κ2) is 5.29. The summed E-state index contributed by atoms with van der Waals surface area (Å²) >= 11 is 0. The minimum absolute atomic E-state index is 0.0306. The normalized spacial score (nSPS) is 20.4.